The van der Waals surface area contributed by atoms with E-state index in [0.717, 1.165) is 19.4 Å². The Hall–Kier alpha value is -1.30. The van der Waals surface area contributed by atoms with Gasteiger partial charge in [-0.15, -0.1) is 0 Å². The van der Waals surface area contributed by atoms with Gasteiger partial charge in [0.1, 0.15) is 5.54 Å². The van der Waals surface area contributed by atoms with Crippen molar-refractivity contribution in [2.24, 2.45) is 10.8 Å². The van der Waals surface area contributed by atoms with E-state index < -0.39 is 5.54 Å². The van der Waals surface area contributed by atoms with Gasteiger partial charge in [-0.1, -0.05) is 12.8 Å². The van der Waals surface area contributed by atoms with Crippen LogP contribution in [0.2, 0.25) is 0 Å². The zero-order valence-electron chi connectivity index (χ0n) is 11.2. The van der Waals surface area contributed by atoms with E-state index in [1.807, 2.05) is 18.7 Å². The van der Waals surface area contributed by atoms with Gasteiger partial charge in [0.05, 0.1) is 6.04 Å². The summed E-state index contributed by atoms with van der Waals surface area (Å²) in [5, 5.41) is 2.87. The Labute approximate surface area is 108 Å². The fourth-order valence-corrected chi connectivity index (χ4v) is 2.66. The van der Waals surface area contributed by atoms with Crippen LogP contribution >= 0.6 is 0 Å². The summed E-state index contributed by atoms with van der Waals surface area (Å²) >= 11 is 0. The monoisotopic (exact) mass is 253 g/mol. The number of nitrogens with one attached hydrogen (secondary N) is 2. The van der Waals surface area contributed by atoms with E-state index in [4.69, 9.17) is 5.84 Å². The molecular weight excluding hydrogens is 230 g/mol. The summed E-state index contributed by atoms with van der Waals surface area (Å²) in [6, 6.07) is 0.344. The van der Waals surface area contributed by atoms with E-state index in [9.17, 15) is 4.79 Å². The molecule has 4 N–H and O–H groups in total. The summed E-state index contributed by atoms with van der Waals surface area (Å²) in [4.78, 5) is 18.5. The molecule has 0 aromatic rings. The Kier molecular flexibility index (Phi) is 3.75. The van der Waals surface area contributed by atoms with Crippen LogP contribution in [0.25, 0.3) is 0 Å². The van der Waals surface area contributed by atoms with Crippen molar-refractivity contribution in [2.75, 3.05) is 13.1 Å². The molecular formula is C12H23N5O. The van der Waals surface area contributed by atoms with Gasteiger partial charge in [0.15, 0.2) is 0 Å². The molecule has 0 radical (unpaired) electrons. The maximum absolute atomic E-state index is 11.9. The lowest BCUT2D eigenvalue weighted by atomic mass is 9.99. The van der Waals surface area contributed by atoms with Gasteiger partial charge in [-0.2, -0.15) is 0 Å². The van der Waals surface area contributed by atoms with Crippen LogP contribution in [-0.2, 0) is 4.79 Å². The summed E-state index contributed by atoms with van der Waals surface area (Å²) in [6.07, 6.45) is 4.70. The SMILES string of the molecule is CC1(C)C(=O)NCCN1C(=NC1CCCC1)NN. The molecule has 1 aliphatic carbocycles. The lowest BCUT2D eigenvalue weighted by molar-refractivity contribution is -0.132. The molecule has 0 spiro atoms. The van der Waals surface area contributed by atoms with E-state index in [0.29, 0.717) is 18.5 Å². The van der Waals surface area contributed by atoms with Gasteiger partial charge in [-0.3, -0.25) is 10.2 Å². The Morgan fingerprint density at radius 2 is 2.17 bits per heavy atom. The zero-order chi connectivity index (χ0) is 13.2. The van der Waals surface area contributed by atoms with E-state index >= 15 is 0 Å². The Morgan fingerprint density at radius 1 is 1.50 bits per heavy atom. The molecule has 0 aromatic carbocycles. The van der Waals surface area contributed by atoms with Crippen LogP contribution < -0.4 is 16.6 Å². The Bertz CT molecular complexity index is 346. The van der Waals surface area contributed by atoms with Crippen molar-refractivity contribution in [2.45, 2.75) is 51.1 Å². The lowest BCUT2D eigenvalue weighted by Gasteiger charge is -2.42. The summed E-state index contributed by atoms with van der Waals surface area (Å²) in [5.74, 6) is 6.25. The maximum atomic E-state index is 11.9. The van der Waals surface area contributed by atoms with Crippen molar-refractivity contribution in [3.8, 4) is 0 Å². The molecule has 0 unspecified atom stereocenters. The molecule has 1 aliphatic heterocycles. The second-order valence-corrected chi connectivity index (χ2v) is 5.50. The first-order valence-electron chi connectivity index (χ1n) is 6.66. The quantitative estimate of drug-likeness (QED) is 0.265. The van der Waals surface area contributed by atoms with Gasteiger partial charge in [0.25, 0.3) is 0 Å². The number of hydrazine groups is 1. The predicted octanol–water partition coefficient (Wildman–Crippen LogP) is -0.0413. The van der Waals surface area contributed by atoms with Crippen molar-refractivity contribution in [1.29, 1.82) is 0 Å². The lowest BCUT2D eigenvalue weighted by Crippen LogP contribution is -2.66. The van der Waals surface area contributed by atoms with Crippen molar-refractivity contribution < 1.29 is 4.79 Å². The first-order chi connectivity index (χ1) is 8.55. The molecule has 1 heterocycles. The molecule has 0 bridgehead atoms. The fourth-order valence-electron chi connectivity index (χ4n) is 2.66. The number of carbonyl (C=O) groups excluding carboxylic acids is 1. The van der Waals surface area contributed by atoms with Crippen molar-refractivity contribution in [1.82, 2.24) is 15.6 Å². The van der Waals surface area contributed by atoms with E-state index in [1.165, 1.54) is 12.8 Å². The van der Waals surface area contributed by atoms with Crippen LogP contribution in [0, 0.1) is 0 Å². The van der Waals surface area contributed by atoms with Gasteiger partial charge in [-0.25, -0.2) is 10.8 Å². The number of carbonyl (C=O) groups is 1. The number of hydrogen-bond donors (Lipinski definition) is 3. The van der Waals surface area contributed by atoms with Gasteiger partial charge < -0.3 is 10.2 Å². The number of aliphatic imine (C=N–C) groups is 1. The molecule has 2 aliphatic rings. The minimum absolute atomic E-state index is 0.0168. The largest absolute Gasteiger partial charge is 0.352 e. The maximum Gasteiger partial charge on any atom is 0.245 e. The van der Waals surface area contributed by atoms with Gasteiger partial charge >= 0.3 is 0 Å². The topological polar surface area (TPSA) is 82.8 Å². The number of hydrogen-bond acceptors (Lipinski definition) is 3. The highest BCUT2D eigenvalue weighted by atomic mass is 16.2. The molecule has 0 aromatic heterocycles. The number of guanidine groups is 1. The minimum Gasteiger partial charge on any atom is -0.352 e. The molecule has 6 heteroatoms. The minimum atomic E-state index is -0.609. The zero-order valence-corrected chi connectivity index (χ0v) is 11.2. The normalized spacial score (nSPS) is 25.2. The van der Waals surface area contributed by atoms with Crippen LogP contribution in [-0.4, -0.2) is 41.4 Å². The molecule has 0 atom stereocenters. The highest BCUT2D eigenvalue weighted by Gasteiger charge is 2.39. The number of rotatable bonds is 1. The van der Waals surface area contributed by atoms with E-state index in [2.05, 4.69) is 15.7 Å². The molecule has 1 saturated heterocycles. The van der Waals surface area contributed by atoms with Crippen molar-refractivity contribution in [3.05, 3.63) is 0 Å². The summed E-state index contributed by atoms with van der Waals surface area (Å²) in [7, 11) is 0. The average molecular weight is 253 g/mol. The van der Waals surface area contributed by atoms with Crippen molar-refractivity contribution >= 4 is 11.9 Å². The first-order valence-corrected chi connectivity index (χ1v) is 6.66. The molecule has 102 valence electrons. The third-order valence-corrected chi connectivity index (χ3v) is 3.87. The number of nitrogens with zero attached hydrogens (tertiary/aromatic N) is 2. The van der Waals surface area contributed by atoms with Crippen LogP contribution in [0.1, 0.15) is 39.5 Å². The number of piperazine rings is 1. The molecule has 1 amide bonds. The third-order valence-electron chi connectivity index (χ3n) is 3.87. The smallest absolute Gasteiger partial charge is 0.245 e. The molecule has 2 rings (SSSR count). The highest BCUT2D eigenvalue weighted by molar-refractivity contribution is 5.92. The van der Waals surface area contributed by atoms with E-state index in [-0.39, 0.29) is 5.91 Å². The Balaban J connectivity index is 2.17. The van der Waals surface area contributed by atoms with Crippen LogP contribution in [0.4, 0.5) is 0 Å². The molecule has 6 nitrogen and oxygen atoms in total. The van der Waals surface area contributed by atoms with Gasteiger partial charge in [0, 0.05) is 13.1 Å². The van der Waals surface area contributed by atoms with Crippen LogP contribution in [0.3, 0.4) is 0 Å². The molecule has 1 saturated carbocycles. The van der Waals surface area contributed by atoms with Crippen LogP contribution in [0.5, 0.6) is 0 Å². The summed E-state index contributed by atoms with van der Waals surface area (Å²) in [6.45, 7) is 5.15. The third kappa shape index (κ3) is 2.43. The predicted molar refractivity (Wildman–Crippen MR) is 70.8 cm³/mol. The fraction of sp³-hybridized carbons (Fsp3) is 0.833. The van der Waals surface area contributed by atoms with Crippen LogP contribution in [0.15, 0.2) is 4.99 Å². The van der Waals surface area contributed by atoms with E-state index in [1.54, 1.807) is 0 Å². The molecule has 2 fully saturated rings. The summed E-state index contributed by atoms with van der Waals surface area (Å²) < 4.78 is 0. The highest BCUT2D eigenvalue weighted by Crippen LogP contribution is 2.23. The van der Waals surface area contributed by atoms with Crippen molar-refractivity contribution in [3.63, 3.8) is 0 Å². The average Bonchev–Trinajstić information content (AvgIpc) is 2.83. The Morgan fingerprint density at radius 3 is 2.78 bits per heavy atom. The summed E-state index contributed by atoms with van der Waals surface area (Å²) in [5.41, 5.74) is 2.06. The second-order valence-electron chi connectivity index (χ2n) is 5.50. The standard InChI is InChI=1S/C12H23N5O/c1-12(2)10(18)14-7-8-17(12)11(16-13)15-9-5-3-4-6-9/h9H,3-8,13H2,1-2H3,(H,14,18)(H,15,16). The first kappa shape index (κ1) is 13.1. The second kappa shape index (κ2) is 5.14. The van der Waals surface area contributed by atoms with Gasteiger partial charge in [0.2, 0.25) is 11.9 Å². The molecule has 18 heavy (non-hydrogen) atoms. The number of nitrogens with two attached hydrogens (primary N) is 1. The van der Waals surface area contributed by atoms with Gasteiger partial charge in [-0.05, 0) is 26.7 Å². The number of amides is 1.